The Kier molecular flexibility index (Phi) is 5.35. The first-order chi connectivity index (χ1) is 8.60. The van der Waals surface area contributed by atoms with Crippen molar-refractivity contribution in [2.75, 3.05) is 11.9 Å². The molecule has 0 saturated heterocycles. The predicted octanol–water partition coefficient (Wildman–Crippen LogP) is 1.18. The Morgan fingerprint density at radius 1 is 1.56 bits per heavy atom. The largest absolute Gasteiger partial charge is 0.481 e. The van der Waals surface area contributed by atoms with E-state index in [0.29, 0.717) is 13.0 Å². The summed E-state index contributed by atoms with van der Waals surface area (Å²) in [5.41, 5.74) is -0.209. The lowest BCUT2D eigenvalue weighted by molar-refractivity contribution is -0.141. The van der Waals surface area contributed by atoms with Crippen LogP contribution < -0.4 is 10.9 Å². The van der Waals surface area contributed by atoms with Gasteiger partial charge in [-0.05, 0) is 12.8 Å². The summed E-state index contributed by atoms with van der Waals surface area (Å²) >= 11 is 0. The molecule has 6 heteroatoms. The molecule has 1 heterocycles. The lowest BCUT2D eigenvalue weighted by Gasteiger charge is -2.12. The summed E-state index contributed by atoms with van der Waals surface area (Å²) in [5.74, 6) is -1.16. The average molecular weight is 253 g/mol. The monoisotopic (exact) mass is 253 g/mol. The Hall–Kier alpha value is -1.85. The number of anilines is 1. The maximum absolute atomic E-state index is 11.9. The minimum Gasteiger partial charge on any atom is -0.481 e. The van der Waals surface area contributed by atoms with Crippen LogP contribution in [-0.2, 0) is 11.3 Å². The molecule has 1 atom stereocenters. The fraction of sp³-hybridized carbons (Fsp3) is 0.583. The lowest BCUT2D eigenvalue weighted by atomic mass is 10.1. The second kappa shape index (κ2) is 6.78. The molecule has 0 aromatic carbocycles. The van der Waals surface area contributed by atoms with E-state index in [9.17, 15) is 9.59 Å². The number of carbonyl (C=O) groups is 1. The van der Waals surface area contributed by atoms with Crippen molar-refractivity contribution in [3.63, 3.8) is 0 Å². The molecule has 2 N–H and O–H groups in total. The van der Waals surface area contributed by atoms with Crippen molar-refractivity contribution >= 4 is 11.8 Å². The van der Waals surface area contributed by atoms with Gasteiger partial charge in [0.1, 0.15) is 0 Å². The number of hydrogen-bond acceptors (Lipinski definition) is 4. The number of carboxylic acids is 1. The minimum absolute atomic E-state index is 0.209. The van der Waals surface area contributed by atoms with Gasteiger partial charge in [-0.25, -0.2) is 4.98 Å². The van der Waals surface area contributed by atoms with E-state index >= 15 is 0 Å². The summed E-state index contributed by atoms with van der Waals surface area (Å²) in [6.45, 7) is 4.63. The molecule has 1 rings (SSSR count). The second-order valence-electron chi connectivity index (χ2n) is 4.10. The molecule has 100 valence electrons. The van der Waals surface area contributed by atoms with Crippen LogP contribution in [0.1, 0.15) is 26.7 Å². The van der Waals surface area contributed by atoms with Gasteiger partial charge in [-0.3, -0.25) is 9.59 Å². The van der Waals surface area contributed by atoms with Gasteiger partial charge in [0.2, 0.25) is 0 Å². The first-order valence-corrected chi connectivity index (χ1v) is 6.12. The summed E-state index contributed by atoms with van der Waals surface area (Å²) in [6, 6.07) is 0. The Balaban J connectivity index is 2.76. The zero-order valence-corrected chi connectivity index (χ0v) is 10.7. The Morgan fingerprint density at radius 3 is 2.83 bits per heavy atom. The number of carboxylic acid groups (broad SMARTS) is 1. The topological polar surface area (TPSA) is 84.2 Å². The van der Waals surface area contributed by atoms with Crippen LogP contribution in [0, 0.1) is 5.92 Å². The van der Waals surface area contributed by atoms with Crippen LogP contribution in [0.15, 0.2) is 17.2 Å². The number of aryl methyl sites for hydroxylation is 1. The molecular weight excluding hydrogens is 234 g/mol. The molecule has 0 aliphatic heterocycles. The van der Waals surface area contributed by atoms with Crippen molar-refractivity contribution in [2.45, 2.75) is 33.2 Å². The summed E-state index contributed by atoms with van der Waals surface area (Å²) < 4.78 is 1.57. The highest BCUT2D eigenvalue weighted by Gasteiger charge is 2.15. The Morgan fingerprint density at radius 2 is 2.28 bits per heavy atom. The van der Waals surface area contributed by atoms with E-state index in [4.69, 9.17) is 5.11 Å². The van der Waals surface area contributed by atoms with E-state index in [2.05, 4.69) is 10.3 Å². The quantitative estimate of drug-likeness (QED) is 0.762. The molecule has 0 aliphatic rings. The van der Waals surface area contributed by atoms with E-state index in [0.717, 1.165) is 6.42 Å². The predicted molar refractivity (Wildman–Crippen MR) is 68.7 cm³/mol. The van der Waals surface area contributed by atoms with Gasteiger partial charge in [-0.1, -0.05) is 13.8 Å². The smallest absolute Gasteiger partial charge is 0.308 e. The highest BCUT2D eigenvalue weighted by Crippen LogP contribution is 2.04. The van der Waals surface area contributed by atoms with E-state index < -0.39 is 11.9 Å². The standard InChI is InChI=1S/C12H19N3O3/c1-3-6-15-7-5-13-10(11(15)16)14-8-9(4-2)12(17)18/h5,7,9H,3-4,6,8H2,1-2H3,(H,13,14)(H,17,18). The van der Waals surface area contributed by atoms with Crippen LogP contribution in [0.2, 0.25) is 0 Å². The number of hydrogen-bond donors (Lipinski definition) is 2. The van der Waals surface area contributed by atoms with Crippen LogP contribution in [-0.4, -0.2) is 27.2 Å². The van der Waals surface area contributed by atoms with E-state index in [-0.39, 0.29) is 17.9 Å². The van der Waals surface area contributed by atoms with E-state index in [1.165, 1.54) is 0 Å². The third kappa shape index (κ3) is 3.58. The van der Waals surface area contributed by atoms with Crippen LogP contribution in [0.5, 0.6) is 0 Å². The molecular formula is C12H19N3O3. The van der Waals surface area contributed by atoms with Gasteiger partial charge in [0.05, 0.1) is 5.92 Å². The van der Waals surface area contributed by atoms with Crippen molar-refractivity contribution in [3.8, 4) is 0 Å². The summed E-state index contributed by atoms with van der Waals surface area (Å²) in [7, 11) is 0. The highest BCUT2D eigenvalue weighted by atomic mass is 16.4. The molecule has 0 radical (unpaired) electrons. The Bertz CT molecular complexity index is 456. The van der Waals surface area contributed by atoms with Crippen molar-refractivity contribution in [1.82, 2.24) is 9.55 Å². The minimum atomic E-state index is -0.866. The summed E-state index contributed by atoms with van der Waals surface area (Å²) in [6.07, 6.45) is 4.54. The van der Waals surface area contributed by atoms with Crippen LogP contribution >= 0.6 is 0 Å². The van der Waals surface area contributed by atoms with Gasteiger partial charge in [0.15, 0.2) is 5.82 Å². The number of rotatable bonds is 7. The van der Waals surface area contributed by atoms with Crippen LogP contribution in [0.25, 0.3) is 0 Å². The average Bonchev–Trinajstić information content (AvgIpc) is 2.34. The van der Waals surface area contributed by atoms with Gasteiger partial charge < -0.3 is 15.0 Å². The van der Waals surface area contributed by atoms with Crippen molar-refractivity contribution < 1.29 is 9.90 Å². The molecule has 0 aliphatic carbocycles. The number of nitrogens with zero attached hydrogens (tertiary/aromatic N) is 2. The molecule has 1 aromatic heterocycles. The van der Waals surface area contributed by atoms with E-state index in [1.54, 1.807) is 23.9 Å². The van der Waals surface area contributed by atoms with Crippen molar-refractivity contribution in [1.29, 1.82) is 0 Å². The molecule has 1 unspecified atom stereocenters. The number of aromatic nitrogens is 2. The zero-order chi connectivity index (χ0) is 13.5. The summed E-state index contributed by atoms with van der Waals surface area (Å²) in [4.78, 5) is 26.7. The maximum atomic E-state index is 11.9. The molecule has 0 bridgehead atoms. The lowest BCUT2D eigenvalue weighted by Crippen LogP contribution is -2.28. The molecule has 6 nitrogen and oxygen atoms in total. The van der Waals surface area contributed by atoms with Crippen LogP contribution in [0.4, 0.5) is 5.82 Å². The third-order valence-corrected chi connectivity index (χ3v) is 2.74. The number of nitrogens with one attached hydrogen (secondary N) is 1. The molecule has 1 aromatic rings. The second-order valence-corrected chi connectivity index (χ2v) is 4.10. The SMILES string of the molecule is CCCn1ccnc(NCC(CC)C(=O)O)c1=O. The molecule has 0 fully saturated rings. The van der Waals surface area contributed by atoms with Crippen molar-refractivity contribution in [3.05, 3.63) is 22.7 Å². The normalized spacial score (nSPS) is 12.1. The fourth-order valence-electron chi connectivity index (χ4n) is 1.61. The van der Waals surface area contributed by atoms with Crippen LogP contribution in [0.3, 0.4) is 0 Å². The third-order valence-electron chi connectivity index (χ3n) is 2.74. The zero-order valence-electron chi connectivity index (χ0n) is 10.7. The molecule has 0 saturated carbocycles. The summed E-state index contributed by atoms with van der Waals surface area (Å²) in [5, 5.41) is 11.7. The van der Waals surface area contributed by atoms with Gasteiger partial charge in [0, 0.05) is 25.5 Å². The van der Waals surface area contributed by atoms with Crippen molar-refractivity contribution in [2.24, 2.45) is 5.92 Å². The maximum Gasteiger partial charge on any atom is 0.308 e. The molecule has 18 heavy (non-hydrogen) atoms. The van der Waals surface area contributed by atoms with Gasteiger partial charge >= 0.3 is 5.97 Å². The van der Waals surface area contributed by atoms with Gasteiger partial charge in [-0.15, -0.1) is 0 Å². The van der Waals surface area contributed by atoms with Gasteiger partial charge in [-0.2, -0.15) is 0 Å². The first-order valence-electron chi connectivity index (χ1n) is 6.12. The Labute approximate surface area is 106 Å². The highest BCUT2D eigenvalue weighted by molar-refractivity contribution is 5.70. The molecule has 0 amide bonds. The number of aliphatic carboxylic acids is 1. The van der Waals surface area contributed by atoms with E-state index in [1.807, 2.05) is 6.92 Å². The first kappa shape index (κ1) is 14.2. The van der Waals surface area contributed by atoms with Gasteiger partial charge in [0.25, 0.3) is 5.56 Å². The molecule has 0 spiro atoms. The fourth-order valence-corrected chi connectivity index (χ4v) is 1.61.